The van der Waals surface area contributed by atoms with Gasteiger partial charge in [-0.15, -0.1) is 23.7 Å². The zero-order valence-corrected chi connectivity index (χ0v) is 13.4. The molecule has 6 heteroatoms. The average molecular weight is 326 g/mol. The molecule has 2 heterocycles. The molecule has 1 aliphatic heterocycles. The molecule has 114 valence electrons. The number of nitrogens with one attached hydrogen (secondary N) is 2. The van der Waals surface area contributed by atoms with E-state index in [1.807, 2.05) is 18.2 Å². The van der Waals surface area contributed by atoms with Crippen LogP contribution in [0.3, 0.4) is 0 Å². The summed E-state index contributed by atoms with van der Waals surface area (Å²) < 4.78 is 1.17. The minimum Gasteiger partial charge on any atom is -0.350 e. The van der Waals surface area contributed by atoms with Gasteiger partial charge in [0.15, 0.2) is 0 Å². The number of benzene rings is 1. The number of thiazole rings is 1. The van der Waals surface area contributed by atoms with Gasteiger partial charge in [0.05, 0.1) is 16.8 Å². The summed E-state index contributed by atoms with van der Waals surface area (Å²) >= 11 is 1.64. The molecule has 0 saturated carbocycles. The maximum Gasteiger partial charge on any atom is 0.220 e. The second kappa shape index (κ2) is 7.73. The van der Waals surface area contributed by atoms with Crippen molar-refractivity contribution in [2.45, 2.75) is 38.3 Å². The first-order valence-electron chi connectivity index (χ1n) is 7.16. The largest absolute Gasteiger partial charge is 0.350 e. The van der Waals surface area contributed by atoms with Gasteiger partial charge < -0.3 is 10.6 Å². The van der Waals surface area contributed by atoms with Gasteiger partial charge in [0.1, 0.15) is 5.01 Å². The first kappa shape index (κ1) is 16.2. The lowest BCUT2D eigenvalue weighted by Crippen LogP contribution is -2.27. The van der Waals surface area contributed by atoms with Crippen LogP contribution >= 0.6 is 23.7 Å². The van der Waals surface area contributed by atoms with Gasteiger partial charge in [-0.05, 0) is 37.9 Å². The predicted molar refractivity (Wildman–Crippen MR) is 89.0 cm³/mol. The third-order valence-electron chi connectivity index (χ3n) is 3.66. The van der Waals surface area contributed by atoms with Crippen LogP contribution in [0.4, 0.5) is 0 Å². The number of carbonyl (C=O) groups is 1. The molecule has 1 aromatic heterocycles. The van der Waals surface area contributed by atoms with Crippen molar-refractivity contribution in [3.05, 3.63) is 29.3 Å². The van der Waals surface area contributed by atoms with Crippen LogP contribution in [0.25, 0.3) is 10.2 Å². The number of amides is 1. The Kier molecular flexibility index (Phi) is 5.96. The van der Waals surface area contributed by atoms with E-state index in [0.29, 0.717) is 19.0 Å². The SMILES string of the molecule is Cl.O=C(CCC1CCCN1)NCc1nc2ccccc2s1. The second-order valence-electron chi connectivity index (χ2n) is 5.18. The van der Waals surface area contributed by atoms with Crippen LogP contribution in [0.1, 0.15) is 30.7 Å². The monoisotopic (exact) mass is 325 g/mol. The molecule has 0 aliphatic carbocycles. The third-order valence-corrected chi connectivity index (χ3v) is 4.69. The van der Waals surface area contributed by atoms with Crippen LogP contribution in [-0.4, -0.2) is 23.5 Å². The first-order valence-corrected chi connectivity index (χ1v) is 7.97. The fraction of sp³-hybridized carbons (Fsp3) is 0.467. The molecule has 1 amide bonds. The zero-order chi connectivity index (χ0) is 13.8. The first-order chi connectivity index (χ1) is 9.81. The van der Waals surface area contributed by atoms with Crippen molar-refractivity contribution in [1.82, 2.24) is 15.6 Å². The van der Waals surface area contributed by atoms with Gasteiger partial charge >= 0.3 is 0 Å². The van der Waals surface area contributed by atoms with Crippen molar-refractivity contribution >= 4 is 39.9 Å². The van der Waals surface area contributed by atoms with E-state index in [-0.39, 0.29) is 18.3 Å². The van der Waals surface area contributed by atoms with Crippen molar-refractivity contribution in [1.29, 1.82) is 0 Å². The van der Waals surface area contributed by atoms with E-state index >= 15 is 0 Å². The van der Waals surface area contributed by atoms with Crippen molar-refractivity contribution in [2.75, 3.05) is 6.54 Å². The summed E-state index contributed by atoms with van der Waals surface area (Å²) in [6, 6.07) is 8.59. The number of rotatable bonds is 5. The molecule has 2 aromatic rings. The summed E-state index contributed by atoms with van der Waals surface area (Å²) in [5, 5.41) is 7.35. The third kappa shape index (κ3) is 4.40. The normalized spacial score (nSPS) is 17.6. The molecule has 1 saturated heterocycles. The molecule has 0 spiro atoms. The van der Waals surface area contributed by atoms with E-state index in [4.69, 9.17) is 0 Å². The van der Waals surface area contributed by atoms with Crippen LogP contribution in [0, 0.1) is 0 Å². The minimum atomic E-state index is 0. The lowest BCUT2D eigenvalue weighted by molar-refractivity contribution is -0.121. The molecule has 2 N–H and O–H groups in total. The molecule has 1 atom stereocenters. The molecule has 0 bridgehead atoms. The molecule has 1 fully saturated rings. The minimum absolute atomic E-state index is 0. The quantitative estimate of drug-likeness (QED) is 0.888. The molecule has 4 nitrogen and oxygen atoms in total. The average Bonchev–Trinajstić information content (AvgIpc) is 3.11. The van der Waals surface area contributed by atoms with Gasteiger partial charge in [0, 0.05) is 12.5 Å². The summed E-state index contributed by atoms with van der Waals surface area (Å²) in [5.41, 5.74) is 1.01. The lowest BCUT2D eigenvalue weighted by atomic mass is 10.1. The van der Waals surface area contributed by atoms with E-state index in [1.165, 1.54) is 17.5 Å². The van der Waals surface area contributed by atoms with Gasteiger partial charge in [-0.1, -0.05) is 12.1 Å². The van der Waals surface area contributed by atoms with E-state index < -0.39 is 0 Å². The summed E-state index contributed by atoms with van der Waals surface area (Å²) in [7, 11) is 0. The summed E-state index contributed by atoms with van der Waals surface area (Å²) in [6.45, 7) is 1.63. The summed E-state index contributed by atoms with van der Waals surface area (Å²) in [6.07, 6.45) is 3.97. The fourth-order valence-electron chi connectivity index (χ4n) is 2.57. The number of fused-ring (bicyclic) bond motifs is 1. The molecular weight excluding hydrogens is 306 g/mol. The predicted octanol–water partition coefficient (Wildman–Crippen LogP) is 2.87. The smallest absolute Gasteiger partial charge is 0.220 e. The van der Waals surface area contributed by atoms with Gasteiger partial charge in [-0.25, -0.2) is 4.98 Å². The van der Waals surface area contributed by atoms with E-state index in [0.717, 1.165) is 23.5 Å². The Bertz CT molecular complexity index is 562. The van der Waals surface area contributed by atoms with Gasteiger partial charge in [-0.2, -0.15) is 0 Å². The standard InChI is InChI=1S/C15H19N3OS.ClH/c19-14(8-7-11-4-3-9-16-11)17-10-15-18-12-5-1-2-6-13(12)20-15;/h1-2,5-6,11,16H,3-4,7-10H2,(H,17,19);1H. The number of aromatic nitrogens is 1. The number of hydrogen-bond donors (Lipinski definition) is 2. The molecular formula is C15H20ClN3OS. The highest BCUT2D eigenvalue weighted by molar-refractivity contribution is 7.18. The van der Waals surface area contributed by atoms with Crippen LogP contribution in [0.2, 0.25) is 0 Å². The summed E-state index contributed by atoms with van der Waals surface area (Å²) in [4.78, 5) is 16.3. The Morgan fingerprint density at radius 3 is 3.05 bits per heavy atom. The van der Waals surface area contributed by atoms with E-state index in [1.54, 1.807) is 11.3 Å². The number of halogens is 1. The summed E-state index contributed by atoms with van der Waals surface area (Å²) in [5.74, 6) is 0.123. The molecule has 1 unspecified atom stereocenters. The Balaban J connectivity index is 0.00000161. The maximum absolute atomic E-state index is 11.8. The number of hydrogen-bond acceptors (Lipinski definition) is 4. The van der Waals surface area contributed by atoms with Crippen LogP contribution in [0.5, 0.6) is 0 Å². The second-order valence-corrected chi connectivity index (χ2v) is 6.30. The van der Waals surface area contributed by atoms with Gasteiger partial charge in [-0.3, -0.25) is 4.79 Å². The number of para-hydroxylation sites is 1. The van der Waals surface area contributed by atoms with Gasteiger partial charge in [0.25, 0.3) is 0 Å². The number of carbonyl (C=O) groups excluding carboxylic acids is 1. The topological polar surface area (TPSA) is 54.0 Å². The maximum atomic E-state index is 11.8. The molecule has 21 heavy (non-hydrogen) atoms. The van der Waals surface area contributed by atoms with Crippen molar-refractivity contribution in [3.8, 4) is 0 Å². The molecule has 0 radical (unpaired) electrons. The molecule has 1 aromatic carbocycles. The van der Waals surface area contributed by atoms with Crippen molar-refractivity contribution < 1.29 is 4.79 Å². The van der Waals surface area contributed by atoms with E-state index in [9.17, 15) is 4.79 Å². The van der Waals surface area contributed by atoms with Crippen molar-refractivity contribution in [3.63, 3.8) is 0 Å². The van der Waals surface area contributed by atoms with E-state index in [2.05, 4.69) is 21.7 Å². The zero-order valence-electron chi connectivity index (χ0n) is 11.8. The Hall–Kier alpha value is -1.17. The fourth-order valence-corrected chi connectivity index (χ4v) is 3.47. The molecule has 1 aliphatic rings. The van der Waals surface area contributed by atoms with Gasteiger partial charge in [0.2, 0.25) is 5.91 Å². The lowest BCUT2D eigenvalue weighted by Gasteiger charge is -2.09. The Labute approximate surface area is 134 Å². The van der Waals surface area contributed by atoms with Crippen LogP contribution in [0.15, 0.2) is 24.3 Å². The van der Waals surface area contributed by atoms with Crippen molar-refractivity contribution in [2.24, 2.45) is 0 Å². The highest BCUT2D eigenvalue weighted by Crippen LogP contribution is 2.21. The highest BCUT2D eigenvalue weighted by atomic mass is 35.5. The van der Waals surface area contributed by atoms with Crippen LogP contribution < -0.4 is 10.6 Å². The molecule has 3 rings (SSSR count). The van der Waals surface area contributed by atoms with Crippen LogP contribution in [-0.2, 0) is 11.3 Å². The highest BCUT2D eigenvalue weighted by Gasteiger charge is 2.15. The number of nitrogens with zero attached hydrogens (tertiary/aromatic N) is 1. The Morgan fingerprint density at radius 1 is 1.43 bits per heavy atom. The Morgan fingerprint density at radius 2 is 2.29 bits per heavy atom.